The van der Waals surface area contributed by atoms with Crippen molar-refractivity contribution in [2.75, 3.05) is 0 Å². The number of hydrogen-bond acceptors (Lipinski definition) is 0. The van der Waals surface area contributed by atoms with Gasteiger partial charge in [0.25, 0.3) is 0 Å². The molecular weight excluding hydrogens is 151 g/mol. The summed E-state index contributed by atoms with van der Waals surface area (Å²) in [6.07, 6.45) is 2.20. The molecule has 1 aliphatic rings. The molecule has 1 fully saturated rings. The van der Waals surface area contributed by atoms with Gasteiger partial charge in [-0.3, -0.25) is 0 Å². The number of hydrogen-bond donors (Lipinski definition) is 0. The summed E-state index contributed by atoms with van der Waals surface area (Å²) in [5.74, 6) is 0.268. The van der Waals surface area contributed by atoms with E-state index in [-0.39, 0.29) is 5.83 Å². The lowest BCUT2D eigenvalue weighted by Gasteiger charge is -2.07. The monoisotopic (exact) mass is 166 g/mol. The van der Waals surface area contributed by atoms with E-state index in [0.717, 1.165) is 24.0 Å². The summed E-state index contributed by atoms with van der Waals surface area (Å²) in [4.78, 5) is 0. The van der Waals surface area contributed by atoms with Gasteiger partial charge in [-0.05, 0) is 43.8 Å². The lowest BCUT2D eigenvalue weighted by molar-refractivity contribution is 0.631. The highest BCUT2D eigenvalue weighted by Crippen LogP contribution is 2.42. The van der Waals surface area contributed by atoms with E-state index in [0.29, 0.717) is 11.5 Å². The van der Waals surface area contributed by atoms with Crippen LogP contribution >= 0.6 is 0 Å². The standard InChI is InChI=1S/C11H15F/c1-7(2)10(9-5-6-9)11(12)8(3)4/h9H,1,3,5-6H2,2,4H3/b11-10-. The third-order valence-electron chi connectivity index (χ3n) is 2.06. The van der Waals surface area contributed by atoms with Crippen LogP contribution in [-0.4, -0.2) is 0 Å². The van der Waals surface area contributed by atoms with Gasteiger partial charge in [-0.1, -0.05) is 18.7 Å². The minimum absolute atomic E-state index is 0.148. The van der Waals surface area contributed by atoms with Crippen molar-refractivity contribution in [3.8, 4) is 0 Å². The van der Waals surface area contributed by atoms with Crippen molar-refractivity contribution < 1.29 is 4.39 Å². The molecule has 0 amide bonds. The van der Waals surface area contributed by atoms with Crippen LogP contribution in [0.3, 0.4) is 0 Å². The normalized spacial score (nSPS) is 18.6. The summed E-state index contributed by atoms with van der Waals surface area (Å²) in [5, 5.41) is 0. The van der Waals surface area contributed by atoms with Crippen LogP contribution in [0.2, 0.25) is 0 Å². The number of halogens is 1. The Balaban J connectivity index is 2.96. The largest absolute Gasteiger partial charge is 0.206 e. The molecule has 1 saturated carbocycles. The number of allylic oxidation sites excluding steroid dienone is 4. The fourth-order valence-electron chi connectivity index (χ4n) is 1.32. The lowest BCUT2D eigenvalue weighted by atomic mass is 10.0. The van der Waals surface area contributed by atoms with Crippen LogP contribution in [0.5, 0.6) is 0 Å². The maximum Gasteiger partial charge on any atom is 0.129 e. The Morgan fingerprint density at radius 2 is 1.67 bits per heavy atom. The van der Waals surface area contributed by atoms with Crippen LogP contribution in [-0.2, 0) is 0 Å². The summed E-state index contributed by atoms with van der Waals surface area (Å²) < 4.78 is 13.5. The van der Waals surface area contributed by atoms with Gasteiger partial charge in [0.1, 0.15) is 5.83 Å². The third-order valence-corrected chi connectivity index (χ3v) is 2.06. The zero-order chi connectivity index (χ0) is 9.30. The minimum atomic E-state index is -0.148. The quantitative estimate of drug-likeness (QED) is 0.560. The van der Waals surface area contributed by atoms with Crippen molar-refractivity contribution >= 4 is 0 Å². The molecule has 0 bridgehead atoms. The van der Waals surface area contributed by atoms with E-state index >= 15 is 0 Å². The Bertz CT molecular complexity index is 254. The molecule has 0 heterocycles. The van der Waals surface area contributed by atoms with Gasteiger partial charge in [0.15, 0.2) is 0 Å². The first kappa shape index (κ1) is 9.24. The van der Waals surface area contributed by atoms with Gasteiger partial charge >= 0.3 is 0 Å². The van der Waals surface area contributed by atoms with Crippen molar-refractivity contribution in [3.05, 3.63) is 35.7 Å². The fourth-order valence-corrected chi connectivity index (χ4v) is 1.32. The average Bonchev–Trinajstić information content (AvgIpc) is 2.70. The SMILES string of the molecule is C=C(C)/C(F)=C(\C(=C)C)C1CC1. The summed E-state index contributed by atoms with van der Waals surface area (Å²) in [6.45, 7) is 10.9. The van der Waals surface area contributed by atoms with Crippen molar-refractivity contribution in [2.45, 2.75) is 26.7 Å². The summed E-state index contributed by atoms with van der Waals surface area (Å²) >= 11 is 0. The van der Waals surface area contributed by atoms with E-state index < -0.39 is 0 Å². The van der Waals surface area contributed by atoms with E-state index in [4.69, 9.17) is 0 Å². The molecule has 12 heavy (non-hydrogen) atoms. The molecule has 0 saturated heterocycles. The van der Waals surface area contributed by atoms with E-state index in [2.05, 4.69) is 13.2 Å². The van der Waals surface area contributed by atoms with Gasteiger partial charge in [-0.25, -0.2) is 4.39 Å². The Labute approximate surface area is 73.5 Å². The molecule has 1 rings (SSSR count). The van der Waals surface area contributed by atoms with Gasteiger partial charge in [-0.15, -0.1) is 0 Å². The average molecular weight is 166 g/mol. The van der Waals surface area contributed by atoms with E-state index in [1.54, 1.807) is 6.92 Å². The van der Waals surface area contributed by atoms with Gasteiger partial charge in [0, 0.05) is 0 Å². The maximum absolute atomic E-state index is 13.5. The second-order valence-electron chi connectivity index (χ2n) is 3.56. The molecule has 0 aromatic rings. The van der Waals surface area contributed by atoms with Crippen molar-refractivity contribution in [1.82, 2.24) is 0 Å². The van der Waals surface area contributed by atoms with Crippen molar-refractivity contribution in [3.63, 3.8) is 0 Å². The Morgan fingerprint density at radius 1 is 1.17 bits per heavy atom. The van der Waals surface area contributed by atoms with Crippen molar-refractivity contribution in [1.29, 1.82) is 0 Å². The highest BCUT2D eigenvalue weighted by atomic mass is 19.1. The summed E-state index contributed by atoms with van der Waals surface area (Å²) in [7, 11) is 0. The molecule has 0 atom stereocenters. The van der Waals surface area contributed by atoms with Crippen LogP contribution in [0.15, 0.2) is 35.7 Å². The Hall–Kier alpha value is -0.850. The lowest BCUT2D eigenvalue weighted by Crippen LogP contribution is -1.92. The second-order valence-corrected chi connectivity index (χ2v) is 3.56. The Kier molecular flexibility index (Phi) is 2.51. The predicted molar refractivity (Wildman–Crippen MR) is 50.5 cm³/mol. The Morgan fingerprint density at radius 3 is 1.92 bits per heavy atom. The molecule has 1 heteroatoms. The highest BCUT2D eigenvalue weighted by molar-refractivity contribution is 5.40. The number of rotatable bonds is 3. The molecule has 0 unspecified atom stereocenters. The summed E-state index contributed by atoms with van der Waals surface area (Å²) in [6, 6.07) is 0. The summed E-state index contributed by atoms with van der Waals surface area (Å²) in [5.41, 5.74) is 2.15. The van der Waals surface area contributed by atoms with Gasteiger partial charge in [-0.2, -0.15) is 0 Å². The van der Waals surface area contributed by atoms with Crippen molar-refractivity contribution in [2.24, 2.45) is 5.92 Å². The first-order valence-corrected chi connectivity index (χ1v) is 4.25. The van der Waals surface area contributed by atoms with E-state index in [1.165, 1.54) is 0 Å². The molecule has 0 N–H and O–H groups in total. The van der Waals surface area contributed by atoms with Crippen LogP contribution in [0.25, 0.3) is 0 Å². The molecule has 0 spiro atoms. The molecule has 0 aromatic heterocycles. The van der Waals surface area contributed by atoms with Crippen LogP contribution in [0.4, 0.5) is 4.39 Å². The molecule has 1 aliphatic carbocycles. The highest BCUT2D eigenvalue weighted by Gasteiger charge is 2.29. The molecule has 66 valence electrons. The smallest absolute Gasteiger partial charge is 0.129 e. The third kappa shape index (κ3) is 1.84. The zero-order valence-corrected chi connectivity index (χ0v) is 7.78. The molecule has 0 aliphatic heterocycles. The maximum atomic E-state index is 13.5. The van der Waals surface area contributed by atoms with Gasteiger partial charge in [0.05, 0.1) is 0 Å². The van der Waals surface area contributed by atoms with Crippen LogP contribution in [0.1, 0.15) is 26.7 Å². The van der Waals surface area contributed by atoms with Gasteiger partial charge < -0.3 is 0 Å². The zero-order valence-electron chi connectivity index (χ0n) is 7.78. The van der Waals surface area contributed by atoms with Gasteiger partial charge in [0.2, 0.25) is 0 Å². The second kappa shape index (κ2) is 3.26. The molecule has 0 aromatic carbocycles. The van der Waals surface area contributed by atoms with Crippen LogP contribution in [0, 0.1) is 5.92 Å². The first-order valence-electron chi connectivity index (χ1n) is 4.25. The van der Waals surface area contributed by atoms with E-state index in [1.807, 2.05) is 6.92 Å². The van der Waals surface area contributed by atoms with E-state index in [9.17, 15) is 4.39 Å². The van der Waals surface area contributed by atoms with Crippen LogP contribution < -0.4 is 0 Å². The minimum Gasteiger partial charge on any atom is -0.206 e. The predicted octanol–water partition coefficient (Wildman–Crippen LogP) is 3.77. The molecule has 0 nitrogen and oxygen atoms in total. The topological polar surface area (TPSA) is 0 Å². The first-order chi connectivity index (χ1) is 5.54. The fraction of sp³-hybridized carbons (Fsp3) is 0.455. The molecular formula is C11H15F. The molecule has 0 radical (unpaired) electrons.